The van der Waals surface area contributed by atoms with Gasteiger partial charge in [0.25, 0.3) is 0 Å². The zero-order chi connectivity index (χ0) is 16.1. The van der Waals surface area contributed by atoms with Gasteiger partial charge in [0.2, 0.25) is 5.91 Å². The van der Waals surface area contributed by atoms with Crippen LogP contribution >= 0.6 is 11.8 Å². The first-order chi connectivity index (χ1) is 11.2. The van der Waals surface area contributed by atoms with Gasteiger partial charge < -0.3 is 4.90 Å². The number of aromatic nitrogens is 2. The Balaban J connectivity index is 1.64. The molecule has 2 aromatic carbocycles. The molecule has 1 amide bonds. The molecule has 116 valence electrons. The molecule has 23 heavy (non-hydrogen) atoms. The van der Waals surface area contributed by atoms with Crippen molar-refractivity contribution >= 4 is 28.6 Å². The second-order valence-electron chi connectivity index (χ2n) is 5.22. The monoisotopic (exact) mass is 323 g/mol. The third kappa shape index (κ3) is 3.87. The number of carbonyl (C=O) groups is 1. The van der Waals surface area contributed by atoms with Crippen molar-refractivity contribution in [3.05, 3.63) is 66.5 Å². The van der Waals surface area contributed by atoms with E-state index in [9.17, 15) is 4.79 Å². The molecular formula is C18H17N3OS. The standard InChI is InChI=1S/C18H17N3OS/c1-21(11-14-7-3-2-4-8-14)17(22)12-23-18-15-9-5-6-10-16(15)19-13-20-18/h2-10,13H,11-12H2,1H3. The SMILES string of the molecule is CN(Cc1ccccc1)C(=O)CSc1ncnc2ccccc12. The van der Waals surface area contributed by atoms with E-state index >= 15 is 0 Å². The van der Waals surface area contributed by atoms with Crippen molar-refractivity contribution in [3.8, 4) is 0 Å². The highest BCUT2D eigenvalue weighted by atomic mass is 32.2. The Morgan fingerprint density at radius 2 is 1.78 bits per heavy atom. The van der Waals surface area contributed by atoms with E-state index in [1.54, 1.807) is 11.2 Å². The molecule has 0 aliphatic rings. The van der Waals surface area contributed by atoms with Gasteiger partial charge in [-0.2, -0.15) is 0 Å². The minimum Gasteiger partial charge on any atom is -0.341 e. The van der Waals surface area contributed by atoms with Gasteiger partial charge in [-0.25, -0.2) is 9.97 Å². The Bertz CT molecular complexity index is 802. The van der Waals surface area contributed by atoms with E-state index in [2.05, 4.69) is 9.97 Å². The number of amides is 1. The zero-order valence-corrected chi connectivity index (χ0v) is 13.7. The van der Waals surface area contributed by atoms with Crippen molar-refractivity contribution in [2.75, 3.05) is 12.8 Å². The van der Waals surface area contributed by atoms with Crippen LogP contribution in [0.5, 0.6) is 0 Å². The molecule has 3 rings (SSSR count). The molecule has 0 fully saturated rings. The number of para-hydroxylation sites is 1. The molecule has 3 aromatic rings. The summed E-state index contributed by atoms with van der Waals surface area (Å²) in [5, 5.41) is 1.83. The van der Waals surface area contributed by atoms with Crippen LogP contribution in [0, 0.1) is 0 Å². The molecule has 0 aliphatic carbocycles. The van der Waals surface area contributed by atoms with Crippen molar-refractivity contribution < 1.29 is 4.79 Å². The maximum absolute atomic E-state index is 12.3. The van der Waals surface area contributed by atoms with Crippen molar-refractivity contribution in [3.63, 3.8) is 0 Å². The summed E-state index contributed by atoms with van der Waals surface area (Å²) in [6, 6.07) is 17.8. The van der Waals surface area contributed by atoms with Crippen LogP contribution < -0.4 is 0 Å². The molecule has 0 bridgehead atoms. The molecule has 0 saturated carbocycles. The van der Waals surface area contributed by atoms with Crippen LogP contribution in [-0.2, 0) is 11.3 Å². The average Bonchev–Trinajstić information content (AvgIpc) is 2.60. The minimum absolute atomic E-state index is 0.0848. The van der Waals surface area contributed by atoms with E-state index in [0.29, 0.717) is 12.3 Å². The molecule has 0 aliphatic heterocycles. The molecule has 0 atom stereocenters. The van der Waals surface area contributed by atoms with E-state index in [-0.39, 0.29) is 5.91 Å². The summed E-state index contributed by atoms with van der Waals surface area (Å²) >= 11 is 1.45. The number of benzene rings is 2. The second kappa shape index (κ2) is 7.24. The predicted molar refractivity (Wildman–Crippen MR) is 93.2 cm³/mol. The molecule has 1 aromatic heterocycles. The van der Waals surface area contributed by atoms with Gasteiger partial charge in [-0.1, -0.05) is 60.3 Å². The first-order valence-electron chi connectivity index (χ1n) is 7.34. The van der Waals surface area contributed by atoms with Gasteiger partial charge in [0.1, 0.15) is 11.4 Å². The summed E-state index contributed by atoms with van der Waals surface area (Å²) in [6.45, 7) is 0.616. The van der Waals surface area contributed by atoms with E-state index in [0.717, 1.165) is 21.5 Å². The smallest absolute Gasteiger partial charge is 0.233 e. The van der Waals surface area contributed by atoms with E-state index < -0.39 is 0 Å². The first-order valence-corrected chi connectivity index (χ1v) is 8.33. The summed E-state index contributed by atoms with van der Waals surface area (Å²) in [5.74, 6) is 0.450. The van der Waals surface area contributed by atoms with Gasteiger partial charge >= 0.3 is 0 Å². The fourth-order valence-electron chi connectivity index (χ4n) is 2.28. The van der Waals surface area contributed by atoms with Crippen LogP contribution in [0.25, 0.3) is 10.9 Å². The number of thioether (sulfide) groups is 1. The largest absolute Gasteiger partial charge is 0.341 e. The quantitative estimate of drug-likeness (QED) is 0.533. The Kier molecular flexibility index (Phi) is 4.88. The summed E-state index contributed by atoms with van der Waals surface area (Å²) in [5.41, 5.74) is 2.02. The highest BCUT2D eigenvalue weighted by Crippen LogP contribution is 2.24. The molecule has 0 N–H and O–H groups in total. The highest BCUT2D eigenvalue weighted by Gasteiger charge is 2.12. The van der Waals surface area contributed by atoms with Crippen LogP contribution in [0.1, 0.15) is 5.56 Å². The Labute approximate surface area is 139 Å². The summed E-state index contributed by atoms with van der Waals surface area (Å²) in [6.07, 6.45) is 1.54. The van der Waals surface area contributed by atoms with Crippen LogP contribution in [0.3, 0.4) is 0 Å². The first kappa shape index (κ1) is 15.5. The van der Waals surface area contributed by atoms with Gasteiger partial charge in [-0.05, 0) is 11.6 Å². The fraction of sp³-hybridized carbons (Fsp3) is 0.167. The topological polar surface area (TPSA) is 46.1 Å². The normalized spacial score (nSPS) is 10.7. The number of hydrogen-bond acceptors (Lipinski definition) is 4. The highest BCUT2D eigenvalue weighted by molar-refractivity contribution is 8.00. The number of carbonyl (C=O) groups excluding carboxylic acids is 1. The lowest BCUT2D eigenvalue weighted by atomic mass is 10.2. The molecular weight excluding hydrogens is 306 g/mol. The van der Waals surface area contributed by atoms with Crippen molar-refractivity contribution in [2.45, 2.75) is 11.6 Å². The lowest BCUT2D eigenvalue weighted by molar-refractivity contribution is -0.127. The molecule has 0 unspecified atom stereocenters. The van der Waals surface area contributed by atoms with Gasteiger partial charge in [-0.15, -0.1) is 0 Å². The van der Waals surface area contributed by atoms with E-state index in [1.165, 1.54) is 11.8 Å². The van der Waals surface area contributed by atoms with Crippen molar-refractivity contribution in [2.24, 2.45) is 0 Å². The lowest BCUT2D eigenvalue weighted by Gasteiger charge is -2.17. The zero-order valence-electron chi connectivity index (χ0n) is 12.8. The van der Waals surface area contributed by atoms with Crippen LogP contribution in [0.4, 0.5) is 0 Å². The Morgan fingerprint density at radius 1 is 1.04 bits per heavy atom. The van der Waals surface area contributed by atoms with Crippen molar-refractivity contribution in [1.82, 2.24) is 14.9 Å². The third-order valence-corrected chi connectivity index (χ3v) is 4.52. The number of hydrogen-bond donors (Lipinski definition) is 0. The van der Waals surface area contributed by atoms with Crippen LogP contribution in [0.15, 0.2) is 66.0 Å². The van der Waals surface area contributed by atoms with Gasteiger partial charge in [0.15, 0.2) is 0 Å². The van der Waals surface area contributed by atoms with E-state index in [4.69, 9.17) is 0 Å². The molecule has 1 heterocycles. The van der Waals surface area contributed by atoms with Gasteiger partial charge in [-0.3, -0.25) is 4.79 Å². The predicted octanol–water partition coefficient (Wildman–Crippen LogP) is 3.38. The van der Waals surface area contributed by atoms with E-state index in [1.807, 2.05) is 61.6 Å². The summed E-state index contributed by atoms with van der Waals surface area (Å²) in [7, 11) is 1.83. The van der Waals surface area contributed by atoms with Crippen LogP contribution in [0.2, 0.25) is 0 Å². The minimum atomic E-state index is 0.0848. The fourth-order valence-corrected chi connectivity index (χ4v) is 3.21. The number of rotatable bonds is 5. The van der Waals surface area contributed by atoms with Crippen molar-refractivity contribution in [1.29, 1.82) is 0 Å². The number of fused-ring (bicyclic) bond motifs is 1. The molecule has 0 saturated heterocycles. The lowest BCUT2D eigenvalue weighted by Crippen LogP contribution is -2.27. The maximum Gasteiger partial charge on any atom is 0.233 e. The summed E-state index contributed by atoms with van der Waals surface area (Å²) < 4.78 is 0. The van der Waals surface area contributed by atoms with Crippen LogP contribution in [-0.4, -0.2) is 33.6 Å². The Hall–Kier alpha value is -2.40. The van der Waals surface area contributed by atoms with Gasteiger partial charge in [0.05, 0.1) is 11.3 Å². The summed E-state index contributed by atoms with van der Waals surface area (Å²) in [4.78, 5) is 22.6. The second-order valence-corrected chi connectivity index (χ2v) is 6.18. The average molecular weight is 323 g/mol. The molecule has 0 spiro atoms. The third-order valence-electron chi connectivity index (χ3n) is 3.53. The Morgan fingerprint density at radius 3 is 2.61 bits per heavy atom. The van der Waals surface area contributed by atoms with Gasteiger partial charge in [0, 0.05) is 19.0 Å². The molecule has 4 nitrogen and oxygen atoms in total. The molecule has 5 heteroatoms. The molecule has 0 radical (unpaired) electrons. The maximum atomic E-state index is 12.3. The number of nitrogens with zero attached hydrogens (tertiary/aromatic N) is 3.